The van der Waals surface area contributed by atoms with Crippen molar-refractivity contribution < 1.29 is 9.53 Å². The molecule has 1 unspecified atom stereocenters. The Morgan fingerprint density at radius 2 is 2.16 bits per heavy atom. The Kier molecular flexibility index (Phi) is 3.95. The van der Waals surface area contributed by atoms with E-state index in [9.17, 15) is 4.79 Å². The van der Waals surface area contributed by atoms with E-state index in [1.165, 1.54) is 7.11 Å². The lowest BCUT2D eigenvalue weighted by molar-refractivity contribution is 0.0602. The molecule has 1 fully saturated rings. The summed E-state index contributed by atoms with van der Waals surface area (Å²) in [5.74, 6) is -0.388. The third-order valence-corrected chi connectivity index (χ3v) is 3.60. The predicted octanol–water partition coefficient (Wildman–Crippen LogP) is 1.20. The number of rotatable bonds is 2. The molecule has 5 heteroatoms. The first-order valence-corrected chi connectivity index (χ1v) is 6.46. The van der Waals surface area contributed by atoms with Crippen LogP contribution < -0.4 is 10.6 Å². The number of methoxy groups -OCH3 is 1. The molecule has 1 heterocycles. The fraction of sp³-hybridized carbons (Fsp3) is 0.500. The van der Waals surface area contributed by atoms with Crippen LogP contribution in [0.15, 0.2) is 18.2 Å². The molecule has 1 aliphatic rings. The summed E-state index contributed by atoms with van der Waals surface area (Å²) in [6.07, 6.45) is 0. The summed E-state index contributed by atoms with van der Waals surface area (Å²) in [6.45, 7) is 5.16. The van der Waals surface area contributed by atoms with E-state index in [0.29, 0.717) is 17.3 Å². The van der Waals surface area contributed by atoms with Gasteiger partial charge in [0.25, 0.3) is 0 Å². The molecule has 2 N–H and O–H groups in total. The van der Waals surface area contributed by atoms with Crippen LogP contribution in [0.25, 0.3) is 0 Å². The van der Waals surface area contributed by atoms with Crippen molar-refractivity contribution in [3.63, 3.8) is 0 Å². The van der Waals surface area contributed by atoms with Gasteiger partial charge in [-0.3, -0.25) is 0 Å². The number of nitrogen functional groups attached to an aromatic ring is 1. The molecule has 0 radical (unpaired) electrons. The molecule has 104 valence electrons. The highest BCUT2D eigenvalue weighted by molar-refractivity contribution is 5.96. The molecule has 19 heavy (non-hydrogen) atoms. The van der Waals surface area contributed by atoms with Gasteiger partial charge >= 0.3 is 5.97 Å². The molecule has 0 aliphatic carbocycles. The van der Waals surface area contributed by atoms with Crippen LogP contribution in [-0.4, -0.2) is 50.7 Å². The van der Waals surface area contributed by atoms with E-state index in [1.54, 1.807) is 6.07 Å². The number of anilines is 2. The molecular weight excluding hydrogens is 242 g/mol. The normalized spacial score (nSPS) is 20.4. The summed E-state index contributed by atoms with van der Waals surface area (Å²) in [7, 11) is 3.49. The first-order valence-electron chi connectivity index (χ1n) is 6.46. The number of hydrogen-bond acceptors (Lipinski definition) is 5. The first-order chi connectivity index (χ1) is 9.02. The van der Waals surface area contributed by atoms with E-state index in [-0.39, 0.29) is 5.97 Å². The number of piperazine rings is 1. The standard InChI is InChI=1S/C14H21N3O2/c1-10-9-16(2)6-7-17(10)11-4-5-13(15)12(8-11)14(18)19-3/h4-5,8,10H,6-7,9,15H2,1-3H3. The van der Waals surface area contributed by atoms with Crippen LogP contribution in [0.3, 0.4) is 0 Å². The average Bonchev–Trinajstić information content (AvgIpc) is 2.39. The highest BCUT2D eigenvalue weighted by Crippen LogP contribution is 2.25. The predicted molar refractivity (Wildman–Crippen MR) is 76.5 cm³/mol. The maximum absolute atomic E-state index is 11.7. The summed E-state index contributed by atoms with van der Waals surface area (Å²) in [5, 5.41) is 0. The number of nitrogens with zero attached hydrogens (tertiary/aromatic N) is 2. The van der Waals surface area contributed by atoms with Gasteiger partial charge in [0.05, 0.1) is 12.7 Å². The molecule has 2 rings (SSSR count). The minimum Gasteiger partial charge on any atom is -0.465 e. The van der Waals surface area contributed by atoms with Crippen LogP contribution in [0.4, 0.5) is 11.4 Å². The number of esters is 1. The van der Waals surface area contributed by atoms with Gasteiger partial charge in [-0.2, -0.15) is 0 Å². The molecule has 1 aliphatic heterocycles. The van der Waals surface area contributed by atoms with E-state index in [0.717, 1.165) is 25.3 Å². The van der Waals surface area contributed by atoms with Gasteiger partial charge in [0.15, 0.2) is 0 Å². The lowest BCUT2D eigenvalue weighted by atomic mass is 10.1. The van der Waals surface area contributed by atoms with Crippen molar-refractivity contribution in [2.45, 2.75) is 13.0 Å². The molecule has 1 saturated heterocycles. The summed E-state index contributed by atoms with van der Waals surface area (Å²) in [4.78, 5) is 16.3. The minimum absolute atomic E-state index is 0.388. The zero-order valence-corrected chi connectivity index (χ0v) is 11.7. The zero-order valence-electron chi connectivity index (χ0n) is 11.7. The Balaban J connectivity index is 2.28. The highest BCUT2D eigenvalue weighted by Gasteiger charge is 2.23. The quantitative estimate of drug-likeness (QED) is 0.641. The van der Waals surface area contributed by atoms with Crippen LogP contribution in [-0.2, 0) is 4.74 Å². The van der Waals surface area contributed by atoms with Crippen LogP contribution in [0.1, 0.15) is 17.3 Å². The molecule has 1 aromatic carbocycles. The molecule has 0 spiro atoms. The van der Waals surface area contributed by atoms with E-state index in [4.69, 9.17) is 10.5 Å². The lowest BCUT2D eigenvalue weighted by Gasteiger charge is -2.40. The Morgan fingerprint density at radius 1 is 1.42 bits per heavy atom. The third-order valence-electron chi connectivity index (χ3n) is 3.60. The van der Waals surface area contributed by atoms with E-state index >= 15 is 0 Å². The second kappa shape index (κ2) is 5.48. The molecule has 1 aromatic rings. The van der Waals surface area contributed by atoms with Gasteiger partial charge in [0.1, 0.15) is 0 Å². The number of ether oxygens (including phenoxy) is 1. The molecule has 0 aromatic heterocycles. The van der Waals surface area contributed by atoms with E-state index in [2.05, 4.69) is 23.8 Å². The number of nitrogens with two attached hydrogens (primary N) is 1. The van der Waals surface area contributed by atoms with Gasteiger partial charge < -0.3 is 20.3 Å². The molecule has 5 nitrogen and oxygen atoms in total. The molecular formula is C14H21N3O2. The Bertz CT molecular complexity index is 476. The van der Waals surface area contributed by atoms with E-state index in [1.807, 2.05) is 12.1 Å². The summed E-state index contributed by atoms with van der Waals surface area (Å²) < 4.78 is 4.76. The first kappa shape index (κ1) is 13.7. The van der Waals surface area contributed by atoms with Gasteiger partial charge in [-0.05, 0) is 32.2 Å². The van der Waals surface area contributed by atoms with Gasteiger partial charge in [0.2, 0.25) is 0 Å². The second-order valence-corrected chi connectivity index (χ2v) is 5.07. The van der Waals surface area contributed by atoms with E-state index < -0.39 is 0 Å². The van der Waals surface area contributed by atoms with Crippen molar-refractivity contribution in [3.05, 3.63) is 23.8 Å². The maximum atomic E-state index is 11.7. The van der Waals surface area contributed by atoms with Crippen LogP contribution in [0.2, 0.25) is 0 Å². The van der Waals surface area contributed by atoms with Crippen molar-refractivity contribution >= 4 is 17.3 Å². The Hall–Kier alpha value is -1.75. The van der Waals surface area contributed by atoms with Gasteiger partial charge in [0, 0.05) is 37.1 Å². The van der Waals surface area contributed by atoms with Gasteiger partial charge in [-0.15, -0.1) is 0 Å². The monoisotopic (exact) mass is 263 g/mol. The van der Waals surface area contributed by atoms with Gasteiger partial charge in [-0.25, -0.2) is 4.79 Å². The zero-order chi connectivity index (χ0) is 14.0. The molecule has 0 saturated carbocycles. The fourth-order valence-electron chi connectivity index (χ4n) is 2.53. The number of hydrogen-bond donors (Lipinski definition) is 1. The van der Waals surface area contributed by atoms with Gasteiger partial charge in [-0.1, -0.05) is 0 Å². The largest absolute Gasteiger partial charge is 0.465 e. The van der Waals surface area contributed by atoms with Crippen LogP contribution >= 0.6 is 0 Å². The minimum atomic E-state index is -0.388. The number of benzene rings is 1. The third kappa shape index (κ3) is 2.81. The van der Waals surface area contributed by atoms with Crippen molar-refractivity contribution in [2.24, 2.45) is 0 Å². The lowest BCUT2D eigenvalue weighted by Crippen LogP contribution is -2.50. The number of carbonyl (C=O) groups is 1. The SMILES string of the molecule is COC(=O)c1cc(N2CCN(C)CC2C)ccc1N. The highest BCUT2D eigenvalue weighted by atomic mass is 16.5. The number of carbonyl (C=O) groups excluding carboxylic acids is 1. The van der Waals surface area contributed by atoms with Crippen molar-refractivity contribution in [1.29, 1.82) is 0 Å². The fourth-order valence-corrected chi connectivity index (χ4v) is 2.53. The topological polar surface area (TPSA) is 58.8 Å². The van der Waals surface area contributed by atoms with Crippen molar-refractivity contribution in [1.82, 2.24) is 4.90 Å². The molecule has 0 amide bonds. The number of likely N-dealkylation sites (N-methyl/N-ethyl adjacent to an activating group) is 1. The smallest absolute Gasteiger partial charge is 0.340 e. The summed E-state index contributed by atoms with van der Waals surface area (Å²) in [6, 6.07) is 5.96. The average molecular weight is 263 g/mol. The Labute approximate surface area is 113 Å². The van der Waals surface area contributed by atoms with Crippen molar-refractivity contribution in [3.8, 4) is 0 Å². The second-order valence-electron chi connectivity index (χ2n) is 5.07. The van der Waals surface area contributed by atoms with Crippen LogP contribution in [0, 0.1) is 0 Å². The van der Waals surface area contributed by atoms with Crippen molar-refractivity contribution in [2.75, 3.05) is 44.4 Å². The summed E-state index contributed by atoms with van der Waals surface area (Å²) >= 11 is 0. The maximum Gasteiger partial charge on any atom is 0.340 e. The van der Waals surface area contributed by atoms with Crippen LogP contribution in [0.5, 0.6) is 0 Å². The molecule has 1 atom stereocenters. The molecule has 0 bridgehead atoms. The summed E-state index contributed by atoms with van der Waals surface area (Å²) in [5.41, 5.74) is 7.74. The Morgan fingerprint density at radius 3 is 2.79 bits per heavy atom.